The zero-order valence-corrected chi connectivity index (χ0v) is 11.2. The Labute approximate surface area is 112 Å². The first-order valence-electron chi connectivity index (χ1n) is 6.01. The summed E-state index contributed by atoms with van der Waals surface area (Å²) in [6.07, 6.45) is 0. The highest BCUT2D eigenvalue weighted by Gasteiger charge is 2.17. The van der Waals surface area contributed by atoms with Gasteiger partial charge < -0.3 is 26.5 Å². The minimum atomic E-state index is -1.12. The Morgan fingerprint density at radius 1 is 1.47 bits per heavy atom. The Balaban J connectivity index is 2.66. The van der Waals surface area contributed by atoms with Gasteiger partial charge >= 0.3 is 0 Å². The Morgan fingerprint density at radius 2 is 2.16 bits per heavy atom. The third kappa shape index (κ3) is 4.51. The molecule has 0 radical (unpaired) electrons. The molecule has 6 N–H and O–H groups in total. The van der Waals surface area contributed by atoms with Crippen LogP contribution in [0.5, 0.6) is 0 Å². The SMILES string of the molecule is Cc1cc(/C(N)=N/O)ccc1CNCC(C)(O)CO. The van der Waals surface area contributed by atoms with Crippen molar-refractivity contribution in [3.8, 4) is 0 Å². The lowest BCUT2D eigenvalue weighted by atomic mass is 10.0. The monoisotopic (exact) mass is 267 g/mol. The molecule has 0 heterocycles. The number of aliphatic hydroxyl groups is 2. The fourth-order valence-corrected chi connectivity index (χ4v) is 1.63. The molecule has 0 amide bonds. The van der Waals surface area contributed by atoms with E-state index in [0.717, 1.165) is 11.1 Å². The van der Waals surface area contributed by atoms with Gasteiger partial charge in [-0.2, -0.15) is 0 Å². The lowest BCUT2D eigenvalue weighted by molar-refractivity contribution is 0.00253. The molecule has 1 unspecified atom stereocenters. The maximum atomic E-state index is 9.65. The molecule has 0 spiro atoms. The van der Waals surface area contributed by atoms with Crippen molar-refractivity contribution in [3.63, 3.8) is 0 Å². The van der Waals surface area contributed by atoms with Gasteiger partial charge in [-0.1, -0.05) is 17.3 Å². The summed E-state index contributed by atoms with van der Waals surface area (Å²) >= 11 is 0. The highest BCUT2D eigenvalue weighted by molar-refractivity contribution is 5.97. The summed E-state index contributed by atoms with van der Waals surface area (Å²) in [5.74, 6) is 0.0748. The topological polar surface area (TPSA) is 111 Å². The summed E-state index contributed by atoms with van der Waals surface area (Å²) in [7, 11) is 0. The molecule has 0 aliphatic rings. The van der Waals surface area contributed by atoms with Crippen molar-refractivity contribution in [1.82, 2.24) is 5.32 Å². The molecule has 6 nitrogen and oxygen atoms in total. The number of aryl methyl sites for hydroxylation is 1. The molecule has 106 valence electrons. The molecule has 1 rings (SSSR count). The van der Waals surface area contributed by atoms with E-state index in [1.807, 2.05) is 19.1 Å². The molecule has 0 saturated carbocycles. The van der Waals surface area contributed by atoms with E-state index >= 15 is 0 Å². The summed E-state index contributed by atoms with van der Waals surface area (Å²) < 4.78 is 0. The van der Waals surface area contributed by atoms with Crippen LogP contribution >= 0.6 is 0 Å². The van der Waals surface area contributed by atoms with Crippen LogP contribution in [0.2, 0.25) is 0 Å². The van der Waals surface area contributed by atoms with Crippen LogP contribution in [-0.4, -0.2) is 40.0 Å². The highest BCUT2D eigenvalue weighted by atomic mass is 16.4. The van der Waals surface area contributed by atoms with Gasteiger partial charge in [0.2, 0.25) is 0 Å². The second-order valence-electron chi connectivity index (χ2n) is 4.89. The molecular weight excluding hydrogens is 246 g/mol. The van der Waals surface area contributed by atoms with Gasteiger partial charge in [0.05, 0.1) is 12.2 Å². The van der Waals surface area contributed by atoms with Gasteiger partial charge in [0.1, 0.15) is 0 Å². The zero-order chi connectivity index (χ0) is 14.5. The third-order valence-corrected chi connectivity index (χ3v) is 2.91. The van der Waals surface area contributed by atoms with E-state index in [-0.39, 0.29) is 12.4 Å². The molecule has 1 aromatic rings. The van der Waals surface area contributed by atoms with E-state index in [2.05, 4.69) is 10.5 Å². The first kappa shape index (κ1) is 15.4. The third-order valence-electron chi connectivity index (χ3n) is 2.91. The second kappa shape index (κ2) is 6.51. The fourth-order valence-electron chi connectivity index (χ4n) is 1.63. The first-order chi connectivity index (χ1) is 8.89. The van der Waals surface area contributed by atoms with Crippen molar-refractivity contribution in [2.45, 2.75) is 26.0 Å². The van der Waals surface area contributed by atoms with E-state index in [4.69, 9.17) is 16.0 Å². The number of benzene rings is 1. The summed E-state index contributed by atoms with van der Waals surface area (Å²) in [5.41, 5.74) is 7.09. The lowest BCUT2D eigenvalue weighted by Crippen LogP contribution is -2.40. The largest absolute Gasteiger partial charge is 0.409 e. The van der Waals surface area contributed by atoms with Crippen molar-refractivity contribution in [2.24, 2.45) is 10.9 Å². The van der Waals surface area contributed by atoms with Crippen LogP contribution in [0.15, 0.2) is 23.4 Å². The number of nitrogens with one attached hydrogen (secondary N) is 1. The molecule has 6 heteroatoms. The molecule has 0 aliphatic heterocycles. The smallest absolute Gasteiger partial charge is 0.170 e. The number of oxime groups is 1. The molecule has 19 heavy (non-hydrogen) atoms. The summed E-state index contributed by atoms with van der Waals surface area (Å²) in [6, 6.07) is 5.48. The maximum Gasteiger partial charge on any atom is 0.170 e. The van der Waals surface area contributed by atoms with Gasteiger partial charge in [0.15, 0.2) is 5.84 Å². The van der Waals surface area contributed by atoms with E-state index in [1.54, 1.807) is 13.0 Å². The first-order valence-corrected chi connectivity index (χ1v) is 6.01. The maximum absolute atomic E-state index is 9.65. The minimum Gasteiger partial charge on any atom is -0.409 e. The fraction of sp³-hybridized carbons (Fsp3) is 0.462. The van der Waals surface area contributed by atoms with Crippen LogP contribution in [0.4, 0.5) is 0 Å². The van der Waals surface area contributed by atoms with Crippen LogP contribution in [0.3, 0.4) is 0 Å². The molecule has 1 aromatic carbocycles. The van der Waals surface area contributed by atoms with Gasteiger partial charge in [-0.25, -0.2) is 0 Å². The Bertz CT molecular complexity index is 458. The van der Waals surface area contributed by atoms with Crippen molar-refractivity contribution in [3.05, 3.63) is 34.9 Å². The predicted octanol–water partition coefficient (Wildman–Crippen LogP) is -0.0776. The number of nitrogens with two attached hydrogens (primary N) is 1. The lowest BCUT2D eigenvalue weighted by Gasteiger charge is -2.21. The van der Waals surface area contributed by atoms with Crippen molar-refractivity contribution in [2.75, 3.05) is 13.2 Å². The number of rotatable bonds is 6. The molecule has 0 aromatic heterocycles. The number of amidine groups is 1. The molecule has 0 aliphatic carbocycles. The quantitative estimate of drug-likeness (QED) is 0.214. The molecule has 0 bridgehead atoms. The van der Waals surface area contributed by atoms with Crippen LogP contribution in [0, 0.1) is 6.92 Å². The van der Waals surface area contributed by atoms with Crippen molar-refractivity contribution in [1.29, 1.82) is 0 Å². The summed E-state index contributed by atoms with van der Waals surface area (Å²) in [4.78, 5) is 0. The summed E-state index contributed by atoms with van der Waals surface area (Å²) in [6.45, 7) is 4.06. The molecular formula is C13H21N3O3. The average molecular weight is 267 g/mol. The number of aliphatic hydroxyl groups excluding tert-OH is 1. The number of hydrogen-bond donors (Lipinski definition) is 5. The van der Waals surface area contributed by atoms with Crippen LogP contribution in [0.25, 0.3) is 0 Å². The standard InChI is InChI=1S/C13H21N3O3/c1-9-5-10(12(14)16-19)3-4-11(9)6-15-7-13(2,18)8-17/h3-5,15,17-19H,6-8H2,1-2H3,(H2,14,16). The Hall–Kier alpha value is -1.63. The normalized spacial score (nSPS) is 15.3. The van der Waals surface area contributed by atoms with E-state index in [9.17, 15) is 5.11 Å². The van der Waals surface area contributed by atoms with Gasteiger partial charge in [-0.15, -0.1) is 0 Å². The van der Waals surface area contributed by atoms with Gasteiger partial charge in [0.25, 0.3) is 0 Å². The van der Waals surface area contributed by atoms with Crippen molar-refractivity contribution < 1.29 is 15.4 Å². The Morgan fingerprint density at radius 3 is 2.68 bits per heavy atom. The summed E-state index contributed by atoms with van der Waals surface area (Å²) in [5, 5.41) is 33.2. The van der Waals surface area contributed by atoms with Gasteiger partial charge in [-0.3, -0.25) is 0 Å². The van der Waals surface area contributed by atoms with Crippen LogP contribution in [0.1, 0.15) is 23.6 Å². The Kier molecular flexibility index (Phi) is 5.29. The number of nitrogens with zero attached hydrogens (tertiary/aromatic N) is 1. The predicted molar refractivity (Wildman–Crippen MR) is 73.1 cm³/mol. The van der Waals surface area contributed by atoms with E-state index < -0.39 is 5.60 Å². The average Bonchev–Trinajstić information content (AvgIpc) is 2.39. The molecule has 0 fully saturated rings. The second-order valence-corrected chi connectivity index (χ2v) is 4.89. The van der Waals surface area contributed by atoms with E-state index in [1.165, 1.54) is 0 Å². The van der Waals surface area contributed by atoms with Gasteiger partial charge in [-0.05, 0) is 31.0 Å². The molecule has 0 saturated heterocycles. The highest BCUT2D eigenvalue weighted by Crippen LogP contribution is 2.11. The van der Waals surface area contributed by atoms with Crippen LogP contribution in [-0.2, 0) is 6.54 Å². The number of hydrogen-bond acceptors (Lipinski definition) is 5. The van der Waals surface area contributed by atoms with Crippen LogP contribution < -0.4 is 11.1 Å². The molecule has 1 atom stereocenters. The zero-order valence-electron chi connectivity index (χ0n) is 11.2. The van der Waals surface area contributed by atoms with Gasteiger partial charge in [0, 0.05) is 18.7 Å². The van der Waals surface area contributed by atoms with E-state index in [0.29, 0.717) is 18.7 Å². The van der Waals surface area contributed by atoms with Crippen molar-refractivity contribution >= 4 is 5.84 Å². The minimum absolute atomic E-state index is 0.0748.